The van der Waals surface area contributed by atoms with Crippen molar-refractivity contribution in [1.82, 2.24) is 0 Å². The molecule has 0 fully saturated rings. The highest BCUT2D eigenvalue weighted by molar-refractivity contribution is 6.18. The summed E-state index contributed by atoms with van der Waals surface area (Å²) in [6.07, 6.45) is 1.06. The lowest BCUT2D eigenvalue weighted by molar-refractivity contribution is 0.146. The standard InChI is InChI=1S/C9H19ClO/c1-9(2,3)8(7-10)5-6-11-4/h8H,5-7H2,1-4H3. The predicted molar refractivity (Wildman–Crippen MR) is 50.2 cm³/mol. The minimum Gasteiger partial charge on any atom is -0.385 e. The van der Waals surface area contributed by atoms with Crippen molar-refractivity contribution in [2.45, 2.75) is 27.2 Å². The van der Waals surface area contributed by atoms with E-state index in [0.717, 1.165) is 18.9 Å². The van der Waals surface area contributed by atoms with Gasteiger partial charge < -0.3 is 4.74 Å². The van der Waals surface area contributed by atoms with Crippen molar-refractivity contribution in [3.63, 3.8) is 0 Å². The van der Waals surface area contributed by atoms with Gasteiger partial charge in [-0.05, 0) is 17.8 Å². The molecule has 0 N–H and O–H groups in total. The van der Waals surface area contributed by atoms with Gasteiger partial charge in [-0.15, -0.1) is 11.6 Å². The van der Waals surface area contributed by atoms with Crippen LogP contribution in [0.2, 0.25) is 0 Å². The van der Waals surface area contributed by atoms with E-state index >= 15 is 0 Å². The molecule has 68 valence electrons. The zero-order valence-corrected chi connectivity index (χ0v) is 8.74. The Morgan fingerprint density at radius 2 is 1.91 bits per heavy atom. The van der Waals surface area contributed by atoms with Crippen LogP contribution in [-0.4, -0.2) is 19.6 Å². The van der Waals surface area contributed by atoms with Crippen LogP contribution in [0.15, 0.2) is 0 Å². The smallest absolute Gasteiger partial charge is 0.0465 e. The molecule has 1 unspecified atom stereocenters. The Labute approximate surface area is 75.1 Å². The Morgan fingerprint density at radius 1 is 1.36 bits per heavy atom. The Hall–Kier alpha value is 0.250. The van der Waals surface area contributed by atoms with Crippen LogP contribution < -0.4 is 0 Å². The summed E-state index contributed by atoms with van der Waals surface area (Å²) in [5.74, 6) is 1.29. The molecule has 0 amide bonds. The summed E-state index contributed by atoms with van der Waals surface area (Å²) >= 11 is 5.83. The lowest BCUT2D eigenvalue weighted by Gasteiger charge is -2.28. The van der Waals surface area contributed by atoms with E-state index in [9.17, 15) is 0 Å². The molecular formula is C9H19ClO. The minimum absolute atomic E-state index is 0.306. The zero-order valence-electron chi connectivity index (χ0n) is 7.98. The number of hydrogen-bond acceptors (Lipinski definition) is 1. The number of methoxy groups -OCH3 is 1. The minimum atomic E-state index is 0.306. The van der Waals surface area contributed by atoms with Crippen molar-refractivity contribution < 1.29 is 4.74 Å². The maximum absolute atomic E-state index is 5.83. The summed E-state index contributed by atoms with van der Waals surface area (Å²) in [5, 5.41) is 0. The summed E-state index contributed by atoms with van der Waals surface area (Å²) < 4.78 is 5.01. The SMILES string of the molecule is COCCC(CCl)C(C)(C)C. The van der Waals surface area contributed by atoms with Gasteiger partial charge >= 0.3 is 0 Å². The molecule has 0 aliphatic heterocycles. The van der Waals surface area contributed by atoms with Gasteiger partial charge in [0.15, 0.2) is 0 Å². The number of alkyl halides is 1. The molecular weight excluding hydrogens is 160 g/mol. The highest BCUT2D eigenvalue weighted by Crippen LogP contribution is 2.29. The molecule has 0 saturated heterocycles. The Balaban J connectivity index is 3.76. The van der Waals surface area contributed by atoms with Crippen LogP contribution in [-0.2, 0) is 4.74 Å². The first kappa shape index (κ1) is 11.2. The monoisotopic (exact) mass is 178 g/mol. The van der Waals surface area contributed by atoms with Crippen molar-refractivity contribution in [1.29, 1.82) is 0 Å². The van der Waals surface area contributed by atoms with Crippen molar-refractivity contribution >= 4 is 11.6 Å². The van der Waals surface area contributed by atoms with E-state index in [1.165, 1.54) is 0 Å². The molecule has 1 atom stereocenters. The summed E-state index contributed by atoms with van der Waals surface area (Å²) in [6.45, 7) is 7.47. The van der Waals surface area contributed by atoms with Crippen LogP contribution in [0.5, 0.6) is 0 Å². The molecule has 0 heterocycles. The number of ether oxygens (including phenoxy) is 1. The molecule has 0 saturated carbocycles. The fourth-order valence-electron chi connectivity index (χ4n) is 1.00. The third kappa shape index (κ3) is 4.65. The van der Waals surface area contributed by atoms with Crippen LogP contribution in [0.3, 0.4) is 0 Å². The van der Waals surface area contributed by atoms with Crippen LogP contribution in [0.4, 0.5) is 0 Å². The van der Waals surface area contributed by atoms with Crippen molar-refractivity contribution in [3.05, 3.63) is 0 Å². The molecule has 2 heteroatoms. The van der Waals surface area contributed by atoms with Crippen LogP contribution in [0, 0.1) is 11.3 Å². The quantitative estimate of drug-likeness (QED) is 0.602. The molecule has 1 nitrogen and oxygen atoms in total. The summed E-state index contributed by atoms with van der Waals surface area (Å²) in [5.41, 5.74) is 0.306. The average Bonchev–Trinajstić information content (AvgIpc) is 1.87. The molecule has 0 radical (unpaired) electrons. The molecule has 0 aromatic carbocycles. The second-order valence-electron chi connectivity index (χ2n) is 4.00. The van der Waals surface area contributed by atoms with Crippen LogP contribution >= 0.6 is 11.6 Å². The van der Waals surface area contributed by atoms with Gasteiger partial charge in [-0.2, -0.15) is 0 Å². The zero-order chi connectivity index (χ0) is 8.91. The van der Waals surface area contributed by atoms with Crippen LogP contribution in [0.25, 0.3) is 0 Å². The fourth-order valence-corrected chi connectivity index (χ4v) is 1.62. The molecule has 0 aromatic rings. The van der Waals surface area contributed by atoms with Gasteiger partial charge in [0.25, 0.3) is 0 Å². The molecule has 0 rings (SSSR count). The molecule has 0 aliphatic carbocycles. The normalized spacial score (nSPS) is 15.0. The van der Waals surface area contributed by atoms with E-state index in [0.29, 0.717) is 11.3 Å². The first-order valence-corrected chi connectivity index (χ1v) is 4.60. The molecule has 11 heavy (non-hydrogen) atoms. The van der Waals surface area contributed by atoms with E-state index in [1.807, 2.05) is 0 Å². The van der Waals surface area contributed by atoms with Gasteiger partial charge in [0.2, 0.25) is 0 Å². The second-order valence-corrected chi connectivity index (χ2v) is 4.31. The highest BCUT2D eigenvalue weighted by atomic mass is 35.5. The summed E-state index contributed by atoms with van der Waals surface area (Å²) in [4.78, 5) is 0. The van der Waals surface area contributed by atoms with E-state index in [4.69, 9.17) is 16.3 Å². The topological polar surface area (TPSA) is 9.23 Å². The van der Waals surface area contributed by atoms with Gasteiger partial charge in [0, 0.05) is 19.6 Å². The van der Waals surface area contributed by atoms with Crippen molar-refractivity contribution in [2.24, 2.45) is 11.3 Å². The largest absolute Gasteiger partial charge is 0.385 e. The average molecular weight is 179 g/mol. The van der Waals surface area contributed by atoms with Gasteiger partial charge in [-0.25, -0.2) is 0 Å². The predicted octanol–water partition coefficient (Wildman–Crippen LogP) is 2.92. The maximum Gasteiger partial charge on any atom is 0.0465 e. The highest BCUT2D eigenvalue weighted by Gasteiger charge is 2.22. The van der Waals surface area contributed by atoms with Gasteiger partial charge in [-0.1, -0.05) is 20.8 Å². The first-order chi connectivity index (χ1) is 5.02. The van der Waals surface area contributed by atoms with E-state index < -0.39 is 0 Å². The lowest BCUT2D eigenvalue weighted by Crippen LogP contribution is -2.23. The maximum atomic E-state index is 5.83. The summed E-state index contributed by atoms with van der Waals surface area (Å²) in [6, 6.07) is 0. The van der Waals surface area contributed by atoms with Crippen LogP contribution in [0.1, 0.15) is 27.2 Å². The fraction of sp³-hybridized carbons (Fsp3) is 1.00. The molecule has 0 bridgehead atoms. The van der Waals surface area contributed by atoms with Crippen molar-refractivity contribution in [3.8, 4) is 0 Å². The Bertz CT molecular complexity index is 96.2. The number of hydrogen-bond donors (Lipinski definition) is 0. The Morgan fingerprint density at radius 3 is 2.18 bits per heavy atom. The number of halogens is 1. The third-order valence-electron chi connectivity index (χ3n) is 2.08. The van der Waals surface area contributed by atoms with E-state index in [-0.39, 0.29) is 0 Å². The lowest BCUT2D eigenvalue weighted by atomic mass is 9.80. The molecule has 0 spiro atoms. The summed E-state index contributed by atoms with van der Waals surface area (Å²) in [7, 11) is 1.73. The van der Waals surface area contributed by atoms with Crippen molar-refractivity contribution in [2.75, 3.05) is 19.6 Å². The molecule has 0 aromatic heterocycles. The van der Waals surface area contributed by atoms with Gasteiger partial charge in [-0.3, -0.25) is 0 Å². The number of rotatable bonds is 4. The van der Waals surface area contributed by atoms with E-state index in [2.05, 4.69) is 20.8 Å². The van der Waals surface area contributed by atoms with Gasteiger partial charge in [0.05, 0.1) is 0 Å². The van der Waals surface area contributed by atoms with Gasteiger partial charge in [0.1, 0.15) is 0 Å². The third-order valence-corrected chi connectivity index (χ3v) is 2.45. The first-order valence-electron chi connectivity index (χ1n) is 4.07. The Kier molecular flexibility index (Phi) is 5.11. The second kappa shape index (κ2) is 5.00. The molecule has 0 aliphatic rings. The van der Waals surface area contributed by atoms with E-state index in [1.54, 1.807) is 7.11 Å².